The molecule has 0 radical (unpaired) electrons. The minimum absolute atomic E-state index is 0.0600. The summed E-state index contributed by atoms with van der Waals surface area (Å²) in [4.78, 5) is 46.3. The van der Waals surface area contributed by atoms with Gasteiger partial charge in [-0.15, -0.1) is 0 Å². The van der Waals surface area contributed by atoms with E-state index in [0.29, 0.717) is 32.2 Å². The van der Waals surface area contributed by atoms with Crippen LogP contribution in [0.4, 0.5) is 23.7 Å². The second kappa shape index (κ2) is 12.0. The molecule has 3 aromatic rings. The average Bonchev–Trinajstić information content (AvgIpc) is 3.61. The number of carbonyl (C=O) groups is 3. The molecule has 3 heterocycles. The third-order valence-corrected chi connectivity index (χ3v) is 8.89. The highest BCUT2D eigenvalue weighted by Gasteiger charge is 2.40. The zero-order valence-electron chi connectivity index (χ0n) is 24.7. The number of rotatable bonds is 7. The van der Waals surface area contributed by atoms with Crippen molar-refractivity contribution in [1.82, 2.24) is 39.8 Å². The number of hydrogen-bond acceptors (Lipinski definition) is 6. The van der Waals surface area contributed by atoms with E-state index in [0.717, 1.165) is 25.7 Å². The van der Waals surface area contributed by atoms with E-state index in [9.17, 15) is 27.6 Å². The number of amides is 4. The highest BCUT2D eigenvalue weighted by Crippen LogP contribution is 2.41. The lowest BCUT2D eigenvalue weighted by Gasteiger charge is -2.39. The summed E-state index contributed by atoms with van der Waals surface area (Å²) in [6, 6.07) is 4.84. The number of benzene rings is 1. The molecule has 1 aliphatic heterocycles. The van der Waals surface area contributed by atoms with Crippen LogP contribution in [0.3, 0.4) is 0 Å². The summed E-state index contributed by atoms with van der Waals surface area (Å²) in [5.74, 6) is -1.08. The maximum atomic E-state index is 13.7. The Kier molecular flexibility index (Phi) is 8.24. The Hall–Kier alpha value is -4.11. The standard InChI is InChI=1S/C29H33ClF3N9O3/c1-34-17-11-18(12-17)37-28(45)41-9-7-40(8-10-41)27(44)20-6-3-16(13-22(20)30)36-26(43)25-35-14-23(39(25)2)21-15-42(19-4-5-19)38-24(21)29(31,32)33/h3,6,13-15,17-19,34H,4-5,7-12H2,1-2H3,(H,36,43)(H,37,45). The highest BCUT2D eigenvalue weighted by molar-refractivity contribution is 6.34. The molecule has 3 fully saturated rings. The van der Waals surface area contributed by atoms with Crippen LogP contribution in [0.1, 0.15) is 58.4 Å². The number of hydrogen-bond donors (Lipinski definition) is 3. The number of alkyl halides is 3. The summed E-state index contributed by atoms with van der Waals surface area (Å²) in [6.07, 6.45) is 1.20. The molecule has 12 nitrogen and oxygen atoms in total. The Morgan fingerprint density at radius 1 is 1.02 bits per heavy atom. The lowest BCUT2D eigenvalue weighted by molar-refractivity contribution is -0.141. The Morgan fingerprint density at radius 2 is 1.71 bits per heavy atom. The molecule has 3 N–H and O–H groups in total. The molecule has 45 heavy (non-hydrogen) atoms. The van der Waals surface area contributed by atoms with Gasteiger partial charge >= 0.3 is 12.2 Å². The predicted molar refractivity (Wildman–Crippen MR) is 159 cm³/mol. The summed E-state index contributed by atoms with van der Waals surface area (Å²) in [6.45, 7) is 1.48. The van der Waals surface area contributed by atoms with E-state index in [1.807, 2.05) is 7.05 Å². The first kappa shape index (κ1) is 30.9. The molecule has 1 saturated heterocycles. The van der Waals surface area contributed by atoms with Gasteiger partial charge in [0.2, 0.25) is 0 Å². The van der Waals surface area contributed by atoms with Crippen molar-refractivity contribution in [3.05, 3.63) is 52.7 Å². The topological polar surface area (TPSA) is 129 Å². The van der Waals surface area contributed by atoms with Crippen molar-refractivity contribution in [3.63, 3.8) is 0 Å². The first-order valence-corrected chi connectivity index (χ1v) is 15.1. The van der Waals surface area contributed by atoms with Gasteiger partial charge in [0.25, 0.3) is 11.8 Å². The fraction of sp³-hybridized carbons (Fsp3) is 0.483. The van der Waals surface area contributed by atoms with Crippen LogP contribution in [0.2, 0.25) is 5.02 Å². The molecule has 2 aromatic heterocycles. The van der Waals surface area contributed by atoms with E-state index in [1.165, 1.54) is 46.9 Å². The van der Waals surface area contributed by atoms with Crippen LogP contribution < -0.4 is 16.0 Å². The maximum absolute atomic E-state index is 13.7. The first-order valence-electron chi connectivity index (χ1n) is 14.7. The minimum atomic E-state index is -4.67. The van der Waals surface area contributed by atoms with Gasteiger partial charge < -0.3 is 30.3 Å². The summed E-state index contributed by atoms with van der Waals surface area (Å²) in [5, 5.41) is 12.7. The summed E-state index contributed by atoms with van der Waals surface area (Å²) >= 11 is 6.45. The van der Waals surface area contributed by atoms with Gasteiger partial charge in [-0.25, -0.2) is 9.78 Å². The number of nitrogens with one attached hydrogen (secondary N) is 3. The van der Waals surface area contributed by atoms with Gasteiger partial charge in [0.15, 0.2) is 11.5 Å². The van der Waals surface area contributed by atoms with Crippen molar-refractivity contribution < 1.29 is 27.6 Å². The van der Waals surface area contributed by atoms with Crippen molar-refractivity contribution in [2.24, 2.45) is 7.05 Å². The zero-order chi connectivity index (χ0) is 32.0. The van der Waals surface area contributed by atoms with Crippen LogP contribution in [0.25, 0.3) is 11.3 Å². The Bertz CT molecular complexity index is 1620. The van der Waals surface area contributed by atoms with Gasteiger partial charge in [-0.3, -0.25) is 14.3 Å². The summed E-state index contributed by atoms with van der Waals surface area (Å²) < 4.78 is 43.8. The number of aromatic nitrogens is 4. The number of halogens is 4. The molecule has 0 bridgehead atoms. The van der Waals surface area contributed by atoms with E-state index >= 15 is 0 Å². The number of carbonyl (C=O) groups excluding carboxylic acids is 3. The molecule has 240 valence electrons. The highest BCUT2D eigenvalue weighted by atomic mass is 35.5. The molecule has 0 unspecified atom stereocenters. The quantitative estimate of drug-likeness (QED) is 0.358. The number of urea groups is 1. The molecule has 16 heteroatoms. The van der Waals surface area contributed by atoms with Crippen molar-refractivity contribution in [2.75, 3.05) is 38.5 Å². The lowest BCUT2D eigenvalue weighted by Crippen LogP contribution is -2.58. The molecule has 0 spiro atoms. The molecule has 4 amide bonds. The van der Waals surface area contributed by atoms with Crippen LogP contribution >= 0.6 is 11.6 Å². The molecule has 0 atom stereocenters. The van der Waals surface area contributed by atoms with Gasteiger partial charge in [-0.05, 0) is 50.9 Å². The van der Waals surface area contributed by atoms with Crippen molar-refractivity contribution >= 4 is 35.1 Å². The van der Waals surface area contributed by atoms with E-state index in [4.69, 9.17) is 11.6 Å². The van der Waals surface area contributed by atoms with Crippen molar-refractivity contribution in [3.8, 4) is 11.3 Å². The Labute approximate surface area is 261 Å². The van der Waals surface area contributed by atoms with Crippen LogP contribution in [0.5, 0.6) is 0 Å². The zero-order valence-corrected chi connectivity index (χ0v) is 25.5. The van der Waals surface area contributed by atoms with Crippen LogP contribution in [-0.4, -0.2) is 92.3 Å². The Morgan fingerprint density at radius 3 is 2.33 bits per heavy atom. The molecule has 6 rings (SSSR count). The lowest BCUT2D eigenvalue weighted by atomic mass is 9.87. The van der Waals surface area contributed by atoms with Crippen LogP contribution in [-0.2, 0) is 13.2 Å². The molecule has 3 aliphatic rings. The summed E-state index contributed by atoms with van der Waals surface area (Å²) in [5.41, 5.74) is -0.565. The third kappa shape index (κ3) is 6.36. The van der Waals surface area contributed by atoms with Gasteiger partial charge in [-0.2, -0.15) is 18.3 Å². The summed E-state index contributed by atoms with van der Waals surface area (Å²) in [7, 11) is 3.36. The third-order valence-electron chi connectivity index (χ3n) is 8.57. The van der Waals surface area contributed by atoms with E-state index in [-0.39, 0.29) is 57.4 Å². The molecule has 1 aromatic carbocycles. The van der Waals surface area contributed by atoms with Gasteiger partial charge in [0.05, 0.1) is 34.1 Å². The minimum Gasteiger partial charge on any atom is -0.335 e. The SMILES string of the molecule is CNC1CC(NC(=O)N2CCN(C(=O)c3ccc(NC(=O)c4ncc(-c5cn(C6CC6)nc5C(F)(F)F)n4C)cc3Cl)CC2)C1. The molecule has 2 saturated carbocycles. The van der Waals surface area contributed by atoms with Crippen LogP contribution in [0, 0.1) is 0 Å². The van der Waals surface area contributed by atoms with Crippen molar-refractivity contribution in [1.29, 1.82) is 0 Å². The normalized spacial score (nSPS) is 20.1. The number of imidazole rings is 1. The molecular formula is C29H33ClF3N9O3. The number of nitrogens with zero attached hydrogens (tertiary/aromatic N) is 6. The van der Waals surface area contributed by atoms with E-state index < -0.39 is 17.8 Å². The second-order valence-electron chi connectivity index (χ2n) is 11.7. The smallest absolute Gasteiger partial charge is 0.335 e. The van der Waals surface area contributed by atoms with Gasteiger partial charge in [0.1, 0.15) is 0 Å². The average molecular weight is 648 g/mol. The van der Waals surface area contributed by atoms with Crippen molar-refractivity contribution in [2.45, 2.75) is 50.0 Å². The number of anilines is 1. The first-order chi connectivity index (χ1) is 21.4. The second-order valence-corrected chi connectivity index (χ2v) is 12.1. The van der Waals surface area contributed by atoms with Gasteiger partial charge in [-0.1, -0.05) is 11.6 Å². The molecular weight excluding hydrogens is 615 g/mol. The molecule has 2 aliphatic carbocycles. The monoisotopic (exact) mass is 647 g/mol. The van der Waals surface area contributed by atoms with E-state index in [1.54, 1.807) is 9.80 Å². The number of piperazine rings is 1. The van der Waals surface area contributed by atoms with Crippen LogP contribution in [0.15, 0.2) is 30.6 Å². The largest absolute Gasteiger partial charge is 0.435 e. The predicted octanol–water partition coefficient (Wildman–Crippen LogP) is 3.76. The fourth-order valence-electron chi connectivity index (χ4n) is 5.66. The Balaban J connectivity index is 1.07. The maximum Gasteiger partial charge on any atom is 0.435 e. The fourth-order valence-corrected chi connectivity index (χ4v) is 5.92. The van der Waals surface area contributed by atoms with Gasteiger partial charge in [0, 0.05) is 57.2 Å². The van der Waals surface area contributed by atoms with E-state index in [2.05, 4.69) is 26.0 Å².